The molecule has 0 aromatic heterocycles. The van der Waals surface area contributed by atoms with Crippen molar-refractivity contribution < 1.29 is 18.0 Å². The van der Waals surface area contributed by atoms with E-state index in [-0.39, 0.29) is 18.5 Å². The van der Waals surface area contributed by atoms with E-state index in [1.807, 2.05) is 24.3 Å². The Morgan fingerprint density at radius 1 is 1.00 bits per heavy atom. The maximum Gasteiger partial charge on any atom is 0.304 e. The van der Waals surface area contributed by atoms with E-state index in [1.54, 1.807) is 37.3 Å². The quantitative estimate of drug-likeness (QED) is 0.462. The molecule has 1 atom stereocenters. The number of nitrogens with one attached hydrogen (secondary N) is 1. The van der Waals surface area contributed by atoms with Gasteiger partial charge in [-0.25, -0.2) is 4.31 Å². The zero-order valence-electron chi connectivity index (χ0n) is 21.1. The maximum atomic E-state index is 13.7. The van der Waals surface area contributed by atoms with Crippen molar-refractivity contribution >= 4 is 43.6 Å². The number of halogens is 1. The largest absolute Gasteiger partial charge is 0.352 e. The summed E-state index contributed by atoms with van der Waals surface area (Å²) >= 11 is 3.42. The molecule has 2 aromatic rings. The zero-order valence-corrected chi connectivity index (χ0v) is 23.5. The number of hydrogen-bond donors (Lipinski definition) is 1. The number of hydrogen-bond acceptors (Lipinski definition) is 4. The van der Waals surface area contributed by atoms with Gasteiger partial charge in [0.1, 0.15) is 12.6 Å². The monoisotopic (exact) mass is 578 g/mol. The van der Waals surface area contributed by atoms with Crippen LogP contribution in [0.3, 0.4) is 0 Å². The second-order valence-electron chi connectivity index (χ2n) is 9.30. The van der Waals surface area contributed by atoms with Crippen molar-refractivity contribution in [2.75, 3.05) is 24.9 Å². The fraction of sp³-hybridized carbons (Fsp3) is 0.462. The number of amides is 2. The van der Waals surface area contributed by atoms with Crippen molar-refractivity contribution in [3.63, 3.8) is 0 Å². The first-order chi connectivity index (χ1) is 17.1. The summed E-state index contributed by atoms with van der Waals surface area (Å²) in [7, 11) is -1.10. The molecule has 0 saturated heterocycles. The molecule has 1 saturated carbocycles. The van der Waals surface area contributed by atoms with Crippen molar-refractivity contribution in [2.45, 2.75) is 57.7 Å². The minimum atomic E-state index is -3.96. The molecule has 196 valence electrons. The second-order valence-corrected chi connectivity index (χ2v) is 12.3. The minimum absolute atomic E-state index is 0.105. The lowest BCUT2D eigenvalue weighted by Crippen LogP contribution is -2.53. The Balaban J connectivity index is 1.88. The van der Waals surface area contributed by atoms with E-state index in [0.717, 1.165) is 44.3 Å². The molecule has 1 aliphatic rings. The van der Waals surface area contributed by atoms with Crippen molar-refractivity contribution in [1.29, 1.82) is 0 Å². The summed E-state index contributed by atoms with van der Waals surface area (Å²) < 4.78 is 29.4. The maximum absolute atomic E-state index is 13.7. The Bertz CT molecular complexity index is 1120. The predicted octanol–water partition coefficient (Wildman–Crippen LogP) is 3.93. The van der Waals surface area contributed by atoms with Gasteiger partial charge >= 0.3 is 10.2 Å². The van der Waals surface area contributed by atoms with E-state index >= 15 is 0 Å². The first-order valence-corrected chi connectivity index (χ1v) is 14.4. The highest BCUT2D eigenvalue weighted by atomic mass is 79.9. The molecule has 0 aliphatic heterocycles. The molecule has 0 spiro atoms. The molecule has 10 heteroatoms. The highest BCUT2D eigenvalue weighted by Crippen LogP contribution is 2.22. The smallest absolute Gasteiger partial charge is 0.304 e. The van der Waals surface area contributed by atoms with Gasteiger partial charge in [-0.15, -0.1) is 0 Å². The third-order valence-electron chi connectivity index (χ3n) is 6.45. The number of carbonyl (C=O) groups is 2. The highest BCUT2D eigenvalue weighted by molar-refractivity contribution is 9.10. The highest BCUT2D eigenvalue weighted by Gasteiger charge is 2.33. The van der Waals surface area contributed by atoms with E-state index in [2.05, 4.69) is 21.2 Å². The molecule has 0 bridgehead atoms. The standard InChI is InChI=1S/C26H35BrN4O4S/c1-20(26(33)28-23-10-6-4-7-11-23)30(18-21-14-16-22(27)17-15-21)25(32)19-31(36(34,35)29(2)3)24-12-8-5-9-13-24/h5,8-9,12-17,20,23H,4,6-7,10-11,18-19H2,1-3H3,(H,28,33)/t20-/m1/s1. The summed E-state index contributed by atoms with van der Waals surface area (Å²) in [5.74, 6) is -0.687. The molecule has 3 rings (SSSR count). The van der Waals surface area contributed by atoms with Crippen molar-refractivity contribution in [2.24, 2.45) is 0 Å². The molecule has 1 aliphatic carbocycles. The van der Waals surface area contributed by atoms with Crippen molar-refractivity contribution in [1.82, 2.24) is 14.5 Å². The molecule has 8 nitrogen and oxygen atoms in total. The number of para-hydroxylation sites is 1. The third-order valence-corrected chi connectivity index (χ3v) is 8.80. The fourth-order valence-electron chi connectivity index (χ4n) is 4.25. The molecule has 2 aromatic carbocycles. The van der Waals surface area contributed by atoms with Crippen LogP contribution in [0.15, 0.2) is 59.1 Å². The zero-order chi connectivity index (χ0) is 26.3. The molecule has 2 amide bonds. The molecule has 0 heterocycles. The van der Waals surface area contributed by atoms with Crippen molar-refractivity contribution in [3.8, 4) is 0 Å². The summed E-state index contributed by atoms with van der Waals surface area (Å²) in [6.07, 6.45) is 5.19. The average Bonchev–Trinajstić information content (AvgIpc) is 2.87. The number of nitrogens with zero attached hydrogens (tertiary/aromatic N) is 3. The van der Waals surface area contributed by atoms with E-state index < -0.39 is 28.7 Å². The van der Waals surface area contributed by atoms with Crippen molar-refractivity contribution in [3.05, 3.63) is 64.6 Å². The van der Waals surface area contributed by atoms with Gasteiger partial charge in [0.25, 0.3) is 0 Å². The SMILES string of the molecule is C[C@H](C(=O)NC1CCCCC1)N(Cc1ccc(Br)cc1)C(=O)CN(c1ccccc1)S(=O)(=O)N(C)C. The number of anilines is 1. The lowest BCUT2D eigenvalue weighted by molar-refractivity contribution is -0.139. The first-order valence-electron chi connectivity index (χ1n) is 12.2. The summed E-state index contributed by atoms with van der Waals surface area (Å²) in [6, 6.07) is 15.3. The van der Waals surface area contributed by atoms with Gasteiger partial charge in [-0.2, -0.15) is 12.7 Å². The first kappa shape index (κ1) is 28.1. The van der Waals surface area contributed by atoms with E-state index in [4.69, 9.17) is 0 Å². The van der Waals surface area contributed by atoms with E-state index in [9.17, 15) is 18.0 Å². The Labute approximate surface area is 223 Å². The van der Waals surface area contributed by atoms with Gasteiger partial charge in [-0.3, -0.25) is 9.59 Å². The van der Waals surface area contributed by atoms with Crippen LogP contribution in [0.1, 0.15) is 44.6 Å². The van der Waals surface area contributed by atoms with Gasteiger partial charge in [0.05, 0.1) is 5.69 Å². The van der Waals surface area contributed by atoms with Crippen LogP contribution in [0.5, 0.6) is 0 Å². The van der Waals surface area contributed by atoms with Gasteiger partial charge in [0.15, 0.2) is 0 Å². The summed E-state index contributed by atoms with van der Waals surface area (Å²) in [6.45, 7) is 1.44. The van der Waals surface area contributed by atoms with Crippen LogP contribution in [0.4, 0.5) is 5.69 Å². The topological polar surface area (TPSA) is 90.0 Å². The fourth-order valence-corrected chi connectivity index (χ4v) is 5.57. The predicted molar refractivity (Wildman–Crippen MR) is 146 cm³/mol. The molecular formula is C26H35BrN4O4S. The Kier molecular flexibility index (Phi) is 9.92. The van der Waals surface area contributed by atoms with Crippen LogP contribution in [0, 0.1) is 0 Å². The average molecular weight is 580 g/mol. The summed E-state index contributed by atoms with van der Waals surface area (Å²) in [5.41, 5.74) is 1.22. The van der Waals surface area contributed by atoms with Gasteiger partial charge in [-0.05, 0) is 49.6 Å². The third kappa shape index (κ3) is 7.30. The van der Waals surface area contributed by atoms with Gasteiger partial charge < -0.3 is 10.2 Å². The van der Waals surface area contributed by atoms with E-state index in [0.29, 0.717) is 5.69 Å². The van der Waals surface area contributed by atoms with Crippen LogP contribution in [0.25, 0.3) is 0 Å². The van der Waals surface area contributed by atoms with Gasteiger partial charge in [0.2, 0.25) is 11.8 Å². The van der Waals surface area contributed by atoms with Crippen LogP contribution in [-0.2, 0) is 26.3 Å². The van der Waals surface area contributed by atoms with Gasteiger partial charge in [0, 0.05) is 31.2 Å². The second kappa shape index (κ2) is 12.7. The number of carbonyl (C=O) groups excluding carboxylic acids is 2. The molecule has 0 unspecified atom stereocenters. The number of rotatable bonds is 10. The molecule has 36 heavy (non-hydrogen) atoms. The normalized spacial score (nSPS) is 15.4. The Morgan fingerprint density at radius 3 is 2.19 bits per heavy atom. The minimum Gasteiger partial charge on any atom is -0.352 e. The summed E-state index contributed by atoms with van der Waals surface area (Å²) in [5, 5.41) is 3.10. The molecule has 1 N–H and O–H groups in total. The molecule has 1 fully saturated rings. The van der Waals surface area contributed by atoms with E-state index in [1.165, 1.54) is 25.4 Å². The van der Waals surface area contributed by atoms with Crippen LogP contribution in [-0.4, -0.2) is 62.2 Å². The lowest BCUT2D eigenvalue weighted by atomic mass is 9.95. The van der Waals surface area contributed by atoms with Crippen LogP contribution < -0.4 is 9.62 Å². The Hall–Kier alpha value is -2.43. The summed E-state index contributed by atoms with van der Waals surface area (Å²) in [4.78, 5) is 28.4. The molecular weight excluding hydrogens is 544 g/mol. The lowest BCUT2D eigenvalue weighted by Gasteiger charge is -2.33. The number of benzene rings is 2. The molecule has 0 radical (unpaired) electrons. The van der Waals surface area contributed by atoms with Crippen LogP contribution in [0.2, 0.25) is 0 Å². The van der Waals surface area contributed by atoms with Gasteiger partial charge in [-0.1, -0.05) is 65.5 Å². The van der Waals surface area contributed by atoms with Crippen LogP contribution >= 0.6 is 15.9 Å². The Morgan fingerprint density at radius 2 is 1.61 bits per heavy atom.